The first-order valence-electron chi connectivity index (χ1n) is 8.85. The third-order valence-electron chi connectivity index (χ3n) is 4.18. The molecule has 0 saturated carbocycles. The summed E-state index contributed by atoms with van der Waals surface area (Å²) in [5, 5.41) is 31.1. The number of rotatable bonds is 6. The van der Waals surface area contributed by atoms with Crippen molar-refractivity contribution in [1.82, 2.24) is 20.2 Å². The molecule has 3 N–H and O–H groups in total. The number of aromatic nitrogens is 4. The predicted octanol–water partition coefficient (Wildman–Crippen LogP) is 5.27. The van der Waals surface area contributed by atoms with Gasteiger partial charge in [0.25, 0.3) is 0 Å². The Morgan fingerprint density at radius 2 is 2.00 bits per heavy atom. The van der Waals surface area contributed by atoms with Crippen molar-refractivity contribution in [2.24, 2.45) is 0 Å². The van der Waals surface area contributed by atoms with E-state index in [2.05, 4.69) is 25.5 Å². The number of anilines is 2. The van der Waals surface area contributed by atoms with Crippen LogP contribution in [0.15, 0.2) is 58.6 Å². The fourth-order valence-corrected chi connectivity index (χ4v) is 4.67. The van der Waals surface area contributed by atoms with Gasteiger partial charge in [-0.3, -0.25) is 0 Å². The first kappa shape index (κ1) is 19.9. The lowest BCUT2D eigenvalue weighted by Gasteiger charge is -2.09. The zero-order valence-electron chi connectivity index (χ0n) is 15.6. The van der Waals surface area contributed by atoms with Gasteiger partial charge in [0.15, 0.2) is 10.2 Å². The lowest BCUT2D eigenvalue weighted by molar-refractivity contribution is 0.402. The second-order valence-electron chi connectivity index (χ2n) is 6.21. The van der Waals surface area contributed by atoms with E-state index in [4.69, 9.17) is 0 Å². The smallest absolute Gasteiger partial charge is 0.210 e. The van der Waals surface area contributed by atoms with E-state index < -0.39 is 5.25 Å². The second kappa shape index (κ2) is 8.52. The Balaban J connectivity index is 1.52. The summed E-state index contributed by atoms with van der Waals surface area (Å²) in [6.45, 7) is 1.76. The molecular weight excluding hydrogens is 423 g/mol. The van der Waals surface area contributed by atoms with E-state index in [9.17, 15) is 14.8 Å². The highest BCUT2D eigenvalue weighted by Gasteiger charge is 2.20. The lowest BCUT2D eigenvalue weighted by atomic mass is 10.2. The number of H-pyrrole nitrogens is 1. The van der Waals surface area contributed by atoms with E-state index in [1.807, 2.05) is 30.3 Å². The number of benzene rings is 2. The normalized spacial score (nSPS) is 13.0. The summed E-state index contributed by atoms with van der Waals surface area (Å²) >= 11 is 2.47. The molecule has 0 radical (unpaired) electrons. The number of nitrogens with one attached hydrogen (secondary N) is 2. The molecule has 1 unspecified atom stereocenters. The summed E-state index contributed by atoms with van der Waals surface area (Å²) in [5.74, 6) is -0.191. The Hall–Kier alpha value is -3.42. The number of aromatic amines is 1. The van der Waals surface area contributed by atoms with Crippen LogP contribution in [0.2, 0.25) is 0 Å². The number of hydrogen-bond donors (Lipinski definition) is 3. The third kappa shape index (κ3) is 4.12. The van der Waals surface area contributed by atoms with Crippen LogP contribution in [0.1, 0.15) is 12.7 Å². The topological polar surface area (TPSA) is 111 Å². The Kier molecular flexibility index (Phi) is 5.65. The molecule has 0 amide bonds. The van der Waals surface area contributed by atoms with Gasteiger partial charge in [0, 0.05) is 0 Å². The minimum Gasteiger partial charge on any atom is -0.510 e. The minimum absolute atomic E-state index is 0.0698. The van der Waals surface area contributed by atoms with Crippen LogP contribution < -0.4 is 5.32 Å². The average molecular weight is 439 g/mol. The maximum Gasteiger partial charge on any atom is 0.210 e. The molecule has 150 valence electrons. The molecule has 2 aromatic carbocycles. The number of nitrogens with zero attached hydrogens (tertiary/aromatic N) is 4. The van der Waals surface area contributed by atoms with Gasteiger partial charge >= 0.3 is 0 Å². The van der Waals surface area contributed by atoms with Gasteiger partial charge in [-0.1, -0.05) is 47.4 Å². The zero-order valence-corrected chi connectivity index (χ0v) is 17.3. The van der Waals surface area contributed by atoms with Crippen LogP contribution in [-0.4, -0.2) is 30.5 Å². The Labute approximate surface area is 179 Å². The van der Waals surface area contributed by atoms with Gasteiger partial charge in [-0.15, -0.1) is 10.2 Å². The number of allylic oxidation sites excluding steroid dienone is 1. The zero-order chi connectivity index (χ0) is 21.1. The first-order valence-corrected chi connectivity index (χ1v) is 10.5. The molecule has 2 aromatic heterocycles. The van der Waals surface area contributed by atoms with Crippen molar-refractivity contribution in [1.29, 1.82) is 5.26 Å². The third-order valence-corrected chi connectivity index (χ3v) is 6.21. The minimum atomic E-state index is -0.470. The Morgan fingerprint density at radius 3 is 2.77 bits per heavy atom. The summed E-state index contributed by atoms with van der Waals surface area (Å²) in [4.78, 5) is 7.43. The fraction of sp³-hybridized carbons (Fsp3) is 0.100. The molecule has 1 atom stereocenters. The molecule has 0 aliphatic rings. The standard InChI is InChI=1S/C20H15FN6OS2/c1-11(17(28)12(10-22)18-23-15-8-4-5-9-16(15)24-18)29-20-27-26-19(30-20)25-14-7-3-2-6-13(14)21/h2-9,11,28H,1H3,(H,23,24)(H,25,26)/b17-12-. The van der Waals surface area contributed by atoms with Crippen molar-refractivity contribution in [2.45, 2.75) is 16.5 Å². The molecule has 10 heteroatoms. The summed E-state index contributed by atoms with van der Waals surface area (Å²) in [6.07, 6.45) is 0. The number of aliphatic hydroxyl groups is 1. The SMILES string of the molecule is CC(Sc1nnc(Nc2ccccc2F)s1)/C(O)=C(\C#N)c1nc2ccccc2[nH]1. The highest BCUT2D eigenvalue weighted by Crippen LogP contribution is 2.34. The molecule has 0 aliphatic carbocycles. The summed E-state index contributed by atoms with van der Waals surface area (Å²) in [6, 6.07) is 15.7. The van der Waals surface area contributed by atoms with E-state index in [1.165, 1.54) is 29.2 Å². The number of thioether (sulfide) groups is 1. The number of hydrogen-bond acceptors (Lipinski definition) is 8. The molecule has 0 fully saturated rings. The fourth-order valence-electron chi connectivity index (χ4n) is 2.70. The van der Waals surface area contributed by atoms with Gasteiger partial charge in [-0.25, -0.2) is 9.37 Å². The molecule has 0 saturated heterocycles. The highest BCUT2D eigenvalue weighted by molar-refractivity contribution is 8.01. The molecule has 0 aliphatic heterocycles. The molecule has 2 heterocycles. The van der Waals surface area contributed by atoms with E-state index >= 15 is 0 Å². The molecule has 30 heavy (non-hydrogen) atoms. The largest absolute Gasteiger partial charge is 0.510 e. The van der Waals surface area contributed by atoms with E-state index in [-0.39, 0.29) is 17.1 Å². The van der Waals surface area contributed by atoms with Crippen LogP contribution in [0.25, 0.3) is 16.6 Å². The molecule has 4 aromatic rings. The van der Waals surface area contributed by atoms with Crippen molar-refractivity contribution in [3.05, 3.63) is 65.9 Å². The van der Waals surface area contributed by atoms with Gasteiger partial charge in [0.05, 0.1) is 22.0 Å². The number of aliphatic hydroxyl groups excluding tert-OH is 1. The quantitative estimate of drug-likeness (QED) is 0.214. The number of fused-ring (bicyclic) bond motifs is 1. The van der Waals surface area contributed by atoms with E-state index in [0.717, 1.165) is 5.52 Å². The monoisotopic (exact) mass is 438 g/mol. The predicted molar refractivity (Wildman–Crippen MR) is 116 cm³/mol. The highest BCUT2D eigenvalue weighted by atomic mass is 32.2. The van der Waals surface area contributed by atoms with E-state index in [0.29, 0.717) is 26.5 Å². The van der Waals surface area contributed by atoms with Crippen LogP contribution in [0.5, 0.6) is 0 Å². The summed E-state index contributed by atoms with van der Waals surface area (Å²) in [5.41, 5.74) is 1.86. The van der Waals surface area contributed by atoms with Crippen molar-refractivity contribution in [3.8, 4) is 6.07 Å². The van der Waals surface area contributed by atoms with Gasteiger partial charge in [0.2, 0.25) is 5.13 Å². The number of para-hydroxylation sites is 3. The Morgan fingerprint density at radius 1 is 1.23 bits per heavy atom. The van der Waals surface area contributed by atoms with Crippen LogP contribution in [0.4, 0.5) is 15.2 Å². The van der Waals surface area contributed by atoms with Gasteiger partial charge in [0.1, 0.15) is 23.2 Å². The van der Waals surface area contributed by atoms with Crippen LogP contribution in [0, 0.1) is 17.1 Å². The van der Waals surface area contributed by atoms with E-state index in [1.54, 1.807) is 25.1 Å². The average Bonchev–Trinajstić information content (AvgIpc) is 3.36. The number of imidazole rings is 1. The van der Waals surface area contributed by atoms with Crippen molar-refractivity contribution < 1.29 is 9.50 Å². The maximum absolute atomic E-state index is 13.8. The van der Waals surface area contributed by atoms with Crippen LogP contribution >= 0.6 is 23.1 Å². The molecule has 0 bridgehead atoms. The van der Waals surface area contributed by atoms with Gasteiger partial charge in [-0.05, 0) is 31.2 Å². The molecule has 0 spiro atoms. The molecular formula is C20H15FN6OS2. The van der Waals surface area contributed by atoms with Crippen molar-refractivity contribution in [2.75, 3.05) is 5.32 Å². The number of halogens is 1. The number of nitriles is 1. The van der Waals surface area contributed by atoms with Crippen molar-refractivity contribution in [3.63, 3.8) is 0 Å². The second-order valence-corrected chi connectivity index (χ2v) is 8.78. The molecule has 7 nitrogen and oxygen atoms in total. The van der Waals surface area contributed by atoms with Crippen LogP contribution in [0.3, 0.4) is 0 Å². The molecule has 4 rings (SSSR count). The maximum atomic E-state index is 13.8. The summed E-state index contributed by atoms with van der Waals surface area (Å²) < 4.78 is 14.3. The lowest BCUT2D eigenvalue weighted by Crippen LogP contribution is -2.04. The first-order chi connectivity index (χ1) is 14.5. The van der Waals surface area contributed by atoms with Gasteiger partial charge < -0.3 is 15.4 Å². The Bertz CT molecular complexity index is 1240. The van der Waals surface area contributed by atoms with Crippen LogP contribution in [-0.2, 0) is 0 Å². The van der Waals surface area contributed by atoms with Crippen molar-refractivity contribution >= 4 is 50.5 Å². The summed E-state index contributed by atoms with van der Waals surface area (Å²) in [7, 11) is 0. The van der Waals surface area contributed by atoms with Gasteiger partial charge in [-0.2, -0.15) is 5.26 Å².